The van der Waals surface area contributed by atoms with Gasteiger partial charge in [-0.1, -0.05) is 19.4 Å². The minimum atomic E-state index is -0.128. The highest BCUT2D eigenvalue weighted by Gasteiger charge is 1.92. The first-order valence-corrected chi connectivity index (χ1v) is 3.96. The summed E-state index contributed by atoms with van der Waals surface area (Å²) < 4.78 is 0. The van der Waals surface area contributed by atoms with Crippen molar-refractivity contribution in [3.8, 4) is 0 Å². The zero-order valence-corrected chi connectivity index (χ0v) is 7.18. The average molecular weight is 156 g/mol. The number of urea groups is 1. The Hall–Kier alpha value is -0.990. The number of hydrogen-bond acceptors (Lipinski definition) is 1. The Labute approximate surface area is 67.9 Å². The van der Waals surface area contributed by atoms with Crippen LogP contribution in [-0.4, -0.2) is 12.6 Å². The highest BCUT2D eigenvalue weighted by molar-refractivity contribution is 5.74. The second kappa shape index (κ2) is 7.12. The number of unbranched alkanes of at least 4 members (excludes halogenated alkanes) is 1. The molecule has 2 N–H and O–H groups in total. The summed E-state index contributed by atoms with van der Waals surface area (Å²) in [7, 11) is 0. The molecule has 3 nitrogen and oxygen atoms in total. The number of allylic oxidation sites excluding steroid dienone is 1. The molecule has 0 aromatic rings. The molecule has 0 bridgehead atoms. The number of carbonyl (C=O) groups excluding carboxylic acids is 1. The molecule has 0 fully saturated rings. The number of carbonyl (C=O) groups is 1. The van der Waals surface area contributed by atoms with E-state index in [1.54, 1.807) is 12.3 Å². The van der Waals surface area contributed by atoms with Gasteiger partial charge in [-0.3, -0.25) is 0 Å². The van der Waals surface area contributed by atoms with Crippen LogP contribution in [0.1, 0.15) is 26.7 Å². The van der Waals surface area contributed by atoms with Crippen LogP contribution in [0.4, 0.5) is 4.79 Å². The summed E-state index contributed by atoms with van der Waals surface area (Å²) in [5, 5.41) is 5.28. The minimum absolute atomic E-state index is 0.128. The summed E-state index contributed by atoms with van der Waals surface area (Å²) >= 11 is 0. The molecule has 0 heterocycles. The first kappa shape index (κ1) is 10.0. The Kier molecular flexibility index (Phi) is 6.48. The van der Waals surface area contributed by atoms with Crippen LogP contribution in [0.2, 0.25) is 0 Å². The van der Waals surface area contributed by atoms with Crippen LogP contribution in [0.5, 0.6) is 0 Å². The average Bonchev–Trinajstić information content (AvgIpc) is 2.01. The minimum Gasteiger partial charge on any atom is -0.338 e. The van der Waals surface area contributed by atoms with E-state index in [4.69, 9.17) is 0 Å². The Morgan fingerprint density at radius 1 is 1.55 bits per heavy atom. The zero-order chi connectivity index (χ0) is 8.53. The van der Waals surface area contributed by atoms with Gasteiger partial charge in [0.25, 0.3) is 0 Å². The van der Waals surface area contributed by atoms with E-state index >= 15 is 0 Å². The van der Waals surface area contributed by atoms with Crippen molar-refractivity contribution in [2.24, 2.45) is 0 Å². The van der Waals surface area contributed by atoms with Gasteiger partial charge < -0.3 is 10.6 Å². The van der Waals surface area contributed by atoms with E-state index < -0.39 is 0 Å². The van der Waals surface area contributed by atoms with Crippen molar-refractivity contribution in [2.75, 3.05) is 6.54 Å². The van der Waals surface area contributed by atoms with Crippen LogP contribution < -0.4 is 10.6 Å². The number of amides is 2. The maximum atomic E-state index is 10.8. The fraction of sp³-hybridized carbons (Fsp3) is 0.625. The van der Waals surface area contributed by atoms with Crippen molar-refractivity contribution in [3.05, 3.63) is 12.3 Å². The molecule has 0 aromatic carbocycles. The second-order valence-corrected chi connectivity index (χ2v) is 2.25. The van der Waals surface area contributed by atoms with E-state index in [0.29, 0.717) is 0 Å². The van der Waals surface area contributed by atoms with Gasteiger partial charge in [-0.15, -0.1) is 0 Å². The molecule has 0 atom stereocenters. The molecule has 0 aliphatic heterocycles. The lowest BCUT2D eigenvalue weighted by atomic mass is 10.3. The number of hydrogen-bond donors (Lipinski definition) is 2. The lowest BCUT2D eigenvalue weighted by Gasteiger charge is -2.01. The standard InChI is InChI=1S/C8H16N2O/c1-3-5-7-10-8(11)9-6-4-2/h4,6H,3,5,7H2,1-2H3,(H2,9,10,11)/b6-4+. The fourth-order valence-corrected chi connectivity index (χ4v) is 0.589. The highest BCUT2D eigenvalue weighted by atomic mass is 16.2. The van der Waals surface area contributed by atoms with Crippen LogP contribution in [0.25, 0.3) is 0 Å². The maximum Gasteiger partial charge on any atom is 0.318 e. The molecular weight excluding hydrogens is 140 g/mol. The molecule has 2 amide bonds. The van der Waals surface area contributed by atoms with Crippen molar-refractivity contribution >= 4 is 6.03 Å². The molecule has 11 heavy (non-hydrogen) atoms. The maximum absolute atomic E-state index is 10.8. The summed E-state index contributed by atoms with van der Waals surface area (Å²) in [5.74, 6) is 0. The Balaban J connectivity index is 3.23. The lowest BCUT2D eigenvalue weighted by molar-refractivity contribution is 0.244. The predicted octanol–water partition coefficient (Wildman–Crippen LogP) is 1.62. The van der Waals surface area contributed by atoms with Crippen LogP contribution in [0.3, 0.4) is 0 Å². The van der Waals surface area contributed by atoms with Crippen molar-refractivity contribution in [1.29, 1.82) is 0 Å². The quantitative estimate of drug-likeness (QED) is 0.597. The van der Waals surface area contributed by atoms with Crippen LogP contribution >= 0.6 is 0 Å². The van der Waals surface area contributed by atoms with Crippen molar-refractivity contribution in [1.82, 2.24) is 10.6 Å². The number of rotatable bonds is 4. The third-order valence-corrected chi connectivity index (χ3v) is 1.20. The summed E-state index contributed by atoms with van der Waals surface area (Å²) in [6, 6.07) is -0.128. The predicted molar refractivity (Wildman–Crippen MR) is 46.3 cm³/mol. The van der Waals surface area contributed by atoms with Crippen molar-refractivity contribution < 1.29 is 4.79 Å². The summed E-state index contributed by atoms with van der Waals surface area (Å²) in [6.45, 7) is 4.69. The molecule has 3 heteroatoms. The lowest BCUT2D eigenvalue weighted by Crippen LogP contribution is -2.32. The van der Waals surface area contributed by atoms with Gasteiger partial charge in [-0.25, -0.2) is 4.79 Å². The molecule has 0 unspecified atom stereocenters. The topological polar surface area (TPSA) is 41.1 Å². The Bertz CT molecular complexity index is 132. The molecule has 0 radical (unpaired) electrons. The van der Waals surface area contributed by atoms with Crippen LogP contribution in [0.15, 0.2) is 12.3 Å². The number of nitrogens with one attached hydrogen (secondary N) is 2. The third kappa shape index (κ3) is 6.90. The third-order valence-electron chi connectivity index (χ3n) is 1.20. The van der Waals surface area contributed by atoms with Gasteiger partial charge in [0.15, 0.2) is 0 Å². The molecule has 0 aliphatic rings. The van der Waals surface area contributed by atoms with E-state index in [9.17, 15) is 4.79 Å². The van der Waals surface area contributed by atoms with E-state index in [2.05, 4.69) is 17.6 Å². The molecule has 64 valence electrons. The molecular formula is C8H16N2O. The van der Waals surface area contributed by atoms with E-state index in [-0.39, 0.29) is 6.03 Å². The molecule has 0 spiro atoms. The molecule has 0 aromatic heterocycles. The molecule has 0 aliphatic carbocycles. The van der Waals surface area contributed by atoms with Gasteiger partial charge in [-0.2, -0.15) is 0 Å². The molecule has 0 saturated heterocycles. The van der Waals surface area contributed by atoms with Crippen LogP contribution in [-0.2, 0) is 0 Å². The van der Waals surface area contributed by atoms with E-state index in [0.717, 1.165) is 19.4 Å². The van der Waals surface area contributed by atoms with Gasteiger partial charge in [0.05, 0.1) is 0 Å². The smallest absolute Gasteiger partial charge is 0.318 e. The largest absolute Gasteiger partial charge is 0.338 e. The summed E-state index contributed by atoms with van der Waals surface area (Å²) in [6.07, 6.45) is 5.52. The first-order chi connectivity index (χ1) is 5.31. The van der Waals surface area contributed by atoms with Gasteiger partial charge in [0.2, 0.25) is 0 Å². The summed E-state index contributed by atoms with van der Waals surface area (Å²) in [5.41, 5.74) is 0. The van der Waals surface area contributed by atoms with Crippen molar-refractivity contribution in [2.45, 2.75) is 26.7 Å². The normalized spacial score (nSPS) is 10.0. The Morgan fingerprint density at radius 3 is 2.82 bits per heavy atom. The van der Waals surface area contributed by atoms with Gasteiger partial charge in [0, 0.05) is 12.7 Å². The monoisotopic (exact) mass is 156 g/mol. The highest BCUT2D eigenvalue weighted by Crippen LogP contribution is 1.81. The van der Waals surface area contributed by atoms with Crippen LogP contribution in [0, 0.1) is 0 Å². The second-order valence-electron chi connectivity index (χ2n) is 2.25. The van der Waals surface area contributed by atoms with Crippen molar-refractivity contribution in [3.63, 3.8) is 0 Å². The van der Waals surface area contributed by atoms with E-state index in [1.807, 2.05) is 6.92 Å². The summed E-state index contributed by atoms with van der Waals surface area (Å²) in [4.78, 5) is 10.8. The molecule has 0 rings (SSSR count). The van der Waals surface area contributed by atoms with Gasteiger partial charge >= 0.3 is 6.03 Å². The zero-order valence-electron chi connectivity index (χ0n) is 7.18. The van der Waals surface area contributed by atoms with E-state index in [1.165, 1.54) is 0 Å². The van der Waals surface area contributed by atoms with Gasteiger partial charge in [0.1, 0.15) is 0 Å². The molecule has 0 saturated carbocycles. The fourth-order valence-electron chi connectivity index (χ4n) is 0.589. The first-order valence-electron chi connectivity index (χ1n) is 3.96. The Morgan fingerprint density at radius 2 is 2.27 bits per heavy atom. The SMILES string of the molecule is C/C=C/NC(=O)NCCCC. The van der Waals surface area contributed by atoms with Gasteiger partial charge in [-0.05, 0) is 13.3 Å².